The molecule has 0 saturated carbocycles. The number of carbonyl (C=O) groups is 1. The molecular weight excluding hydrogens is 338 g/mol. The van der Waals surface area contributed by atoms with Crippen molar-refractivity contribution in [1.29, 1.82) is 0 Å². The number of ether oxygens (including phenoxy) is 1. The molecule has 1 heterocycles. The average molecular weight is 356 g/mol. The summed E-state index contributed by atoms with van der Waals surface area (Å²) < 4.78 is 8.08. The van der Waals surface area contributed by atoms with Gasteiger partial charge in [-0.05, 0) is 31.3 Å². The highest BCUT2D eigenvalue weighted by atomic mass is 32.2. The summed E-state index contributed by atoms with van der Waals surface area (Å²) in [6, 6.07) is 9.72. The van der Waals surface area contributed by atoms with E-state index in [-0.39, 0.29) is 11.2 Å². The summed E-state index contributed by atoms with van der Waals surface area (Å²) in [7, 11) is 1.60. The van der Waals surface area contributed by atoms with Crippen molar-refractivity contribution in [3.8, 4) is 5.69 Å². The Kier molecular flexibility index (Phi) is 6.56. The van der Waals surface area contributed by atoms with E-state index in [0.717, 1.165) is 10.0 Å². The van der Waals surface area contributed by atoms with E-state index in [9.17, 15) is 4.79 Å². The maximum Gasteiger partial charge on any atom is 0.233 e. The number of amides is 1. The van der Waals surface area contributed by atoms with E-state index in [1.165, 1.54) is 23.1 Å². The molecule has 1 N–H and O–H groups in total. The summed E-state index contributed by atoms with van der Waals surface area (Å²) in [4.78, 5) is 11.9. The van der Waals surface area contributed by atoms with Gasteiger partial charge in [-0.25, -0.2) is 4.68 Å². The molecule has 0 saturated heterocycles. The second-order valence-corrected chi connectivity index (χ2v) is 7.64. The minimum Gasteiger partial charge on any atom is -0.383 e. The van der Waals surface area contributed by atoms with E-state index in [1.807, 2.05) is 37.3 Å². The number of nitrogens with zero attached hydrogens (tertiary/aromatic N) is 2. The van der Waals surface area contributed by atoms with Crippen LogP contribution in [-0.4, -0.2) is 41.2 Å². The van der Waals surface area contributed by atoms with Crippen LogP contribution in [0.4, 0.5) is 0 Å². The summed E-state index contributed by atoms with van der Waals surface area (Å²) in [5, 5.41) is 7.07. The van der Waals surface area contributed by atoms with E-state index < -0.39 is 0 Å². The molecule has 118 valence electrons. The Labute approximate surface area is 142 Å². The third-order valence-corrected chi connectivity index (χ3v) is 5.20. The fourth-order valence-corrected chi connectivity index (χ4v) is 4.20. The molecule has 2 aromatic rings. The Hall–Kier alpha value is -1.22. The van der Waals surface area contributed by atoms with Crippen LogP contribution in [0.25, 0.3) is 5.69 Å². The van der Waals surface area contributed by atoms with Gasteiger partial charge >= 0.3 is 0 Å². The predicted octanol–water partition coefficient (Wildman–Crippen LogP) is 2.91. The van der Waals surface area contributed by atoms with Crippen molar-refractivity contribution in [1.82, 2.24) is 15.1 Å². The minimum atomic E-state index is -0.235. The Morgan fingerprint density at radius 2 is 2.23 bits per heavy atom. The molecule has 0 aliphatic carbocycles. The smallest absolute Gasteiger partial charge is 0.233 e. The molecule has 0 aliphatic heterocycles. The van der Waals surface area contributed by atoms with Gasteiger partial charge in [-0.3, -0.25) is 4.79 Å². The Bertz CT molecular complexity index is 669. The van der Waals surface area contributed by atoms with Crippen molar-refractivity contribution >= 4 is 41.2 Å². The molecule has 1 aromatic heterocycles. The van der Waals surface area contributed by atoms with Gasteiger partial charge in [0.15, 0.2) is 8.29 Å². The fourth-order valence-electron chi connectivity index (χ4n) is 1.67. The van der Waals surface area contributed by atoms with Gasteiger partial charge in [-0.2, -0.15) is 0 Å². The first-order valence-electron chi connectivity index (χ1n) is 6.70. The van der Waals surface area contributed by atoms with Crippen LogP contribution in [0, 0.1) is 3.95 Å². The maximum absolute atomic E-state index is 11.9. The van der Waals surface area contributed by atoms with Gasteiger partial charge in [-0.1, -0.05) is 41.3 Å². The number of hydrogen-bond donors (Lipinski definition) is 1. The third-order valence-electron chi connectivity index (χ3n) is 2.78. The van der Waals surface area contributed by atoms with Crippen molar-refractivity contribution in [2.75, 3.05) is 20.3 Å². The molecule has 8 heteroatoms. The monoisotopic (exact) mass is 355 g/mol. The SMILES string of the molecule is COCCNC(=O)[C@@H](C)Sc1nn(-c2ccccc2)c(=S)s1. The highest BCUT2D eigenvalue weighted by molar-refractivity contribution is 8.02. The number of benzene rings is 1. The lowest BCUT2D eigenvalue weighted by Gasteiger charge is -2.09. The second kappa shape index (κ2) is 8.42. The summed E-state index contributed by atoms with van der Waals surface area (Å²) in [5.41, 5.74) is 0.924. The van der Waals surface area contributed by atoms with Crippen LogP contribution in [0.15, 0.2) is 34.7 Å². The largest absolute Gasteiger partial charge is 0.383 e. The standard InChI is InChI=1S/C14H17N3O2S3/c1-10(12(18)15-8-9-19-2)21-13-16-17(14(20)22-13)11-6-4-3-5-7-11/h3-7,10H,8-9H2,1-2H3,(H,15,18)/t10-/m1/s1. The van der Waals surface area contributed by atoms with Gasteiger partial charge in [0.05, 0.1) is 17.5 Å². The molecule has 0 fully saturated rings. The Morgan fingerprint density at radius 3 is 2.91 bits per heavy atom. The molecule has 0 radical (unpaired) electrons. The van der Waals surface area contributed by atoms with Gasteiger partial charge < -0.3 is 10.1 Å². The molecule has 5 nitrogen and oxygen atoms in total. The van der Waals surface area contributed by atoms with Crippen LogP contribution in [-0.2, 0) is 9.53 Å². The molecule has 0 unspecified atom stereocenters. The lowest BCUT2D eigenvalue weighted by Crippen LogP contribution is -2.33. The van der Waals surface area contributed by atoms with Gasteiger partial charge in [0.25, 0.3) is 0 Å². The van der Waals surface area contributed by atoms with Gasteiger partial charge in [0.2, 0.25) is 5.91 Å². The predicted molar refractivity (Wildman–Crippen MR) is 92.5 cm³/mol. The van der Waals surface area contributed by atoms with Crippen molar-refractivity contribution < 1.29 is 9.53 Å². The van der Waals surface area contributed by atoms with Gasteiger partial charge in [0, 0.05) is 13.7 Å². The van der Waals surface area contributed by atoms with Crippen molar-refractivity contribution in [2.24, 2.45) is 0 Å². The summed E-state index contributed by atoms with van der Waals surface area (Å²) in [6.07, 6.45) is 0. The number of hydrogen-bond acceptors (Lipinski definition) is 6. The minimum absolute atomic E-state index is 0.0329. The third kappa shape index (κ3) is 4.64. The zero-order valence-electron chi connectivity index (χ0n) is 12.3. The molecule has 22 heavy (non-hydrogen) atoms. The second-order valence-electron chi connectivity index (χ2n) is 4.43. The van der Waals surface area contributed by atoms with E-state index >= 15 is 0 Å². The highest BCUT2D eigenvalue weighted by Gasteiger charge is 2.17. The fraction of sp³-hybridized carbons (Fsp3) is 0.357. The highest BCUT2D eigenvalue weighted by Crippen LogP contribution is 2.27. The normalized spacial score (nSPS) is 12.1. The molecule has 1 atom stereocenters. The first-order valence-corrected chi connectivity index (χ1v) is 8.81. The molecule has 1 aromatic carbocycles. The van der Waals surface area contributed by atoms with Crippen LogP contribution in [0.3, 0.4) is 0 Å². The van der Waals surface area contributed by atoms with E-state index in [0.29, 0.717) is 17.1 Å². The lowest BCUT2D eigenvalue weighted by atomic mass is 10.3. The number of aromatic nitrogens is 2. The number of nitrogens with one attached hydrogen (secondary N) is 1. The number of thioether (sulfide) groups is 1. The van der Waals surface area contributed by atoms with Crippen molar-refractivity contribution in [3.63, 3.8) is 0 Å². The van der Waals surface area contributed by atoms with Crippen LogP contribution in [0.2, 0.25) is 0 Å². The number of carbonyl (C=O) groups excluding carboxylic acids is 1. The van der Waals surface area contributed by atoms with E-state index in [2.05, 4.69) is 10.4 Å². The number of rotatable bonds is 7. The summed E-state index contributed by atoms with van der Waals surface area (Å²) in [5.74, 6) is -0.0329. The quantitative estimate of drug-likeness (QED) is 0.470. The molecular formula is C14H17N3O2S3. The van der Waals surface area contributed by atoms with E-state index in [1.54, 1.807) is 11.8 Å². The topological polar surface area (TPSA) is 56.1 Å². The Balaban J connectivity index is 2.02. The first kappa shape index (κ1) is 17.1. The maximum atomic E-state index is 11.9. The molecule has 0 aliphatic rings. The molecule has 0 bridgehead atoms. The molecule has 1 amide bonds. The number of para-hydroxylation sites is 1. The average Bonchev–Trinajstić information content (AvgIpc) is 2.88. The molecule has 0 spiro atoms. The van der Waals surface area contributed by atoms with Gasteiger partial charge in [0.1, 0.15) is 0 Å². The Morgan fingerprint density at radius 1 is 1.50 bits per heavy atom. The van der Waals surface area contributed by atoms with Crippen LogP contribution < -0.4 is 5.32 Å². The summed E-state index contributed by atoms with van der Waals surface area (Å²) in [6.45, 7) is 2.86. The van der Waals surface area contributed by atoms with Crippen molar-refractivity contribution in [2.45, 2.75) is 16.5 Å². The molecule has 2 rings (SSSR count). The van der Waals surface area contributed by atoms with Crippen LogP contribution in [0.5, 0.6) is 0 Å². The zero-order valence-corrected chi connectivity index (χ0v) is 14.8. The van der Waals surface area contributed by atoms with Crippen LogP contribution >= 0.6 is 35.3 Å². The van der Waals surface area contributed by atoms with E-state index in [4.69, 9.17) is 17.0 Å². The van der Waals surface area contributed by atoms with Crippen LogP contribution in [0.1, 0.15) is 6.92 Å². The summed E-state index contributed by atoms with van der Waals surface area (Å²) >= 11 is 8.16. The van der Waals surface area contributed by atoms with Crippen molar-refractivity contribution in [3.05, 3.63) is 34.3 Å². The van der Waals surface area contributed by atoms with Gasteiger partial charge in [-0.15, -0.1) is 5.10 Å². The zero-order chi connectivity index (χ0) is 15.9. The lowest BCUT2D eigenvalue weighted by molar-refractivity contribution is -0.120. The number of methoxy groups -OCH3 is 1. The first-order chi connectivity index (χ1) is 10.6.